The fraction of sp³-hybridized carbons (Fsp3) is 0.214. The average Bonchev–Trinajstić information content (AvgIpc) is 2.54. The van der Waals surface area contributed by atoms with Gasteiger partial charge in [-0.1, -0.05) is 12.1 Å². The molecular weight excluding hydrogens is 382 g/mol. The smallest absolute Gasteiger partial charge is 0.432 e. The van der Waals surface area contributed by atoms with Gasteiger partial charge in [-0.15, -0.1) is 0 Å². The van der Waals surface area contributed by atoms with E-state index in [-0.39, 0.29) is 0 Å². The molecule has 2 rings (SSSR count). The Morgan fingerprint density at radius 3 is 2.42 bits per heavy atom. The van der Waals surface area contributed by atoms with Crippen molar-refractivity contribution in [3.63, 3.8) is 0 Å². The Morgan fingerprint density at radius 2 is 1.92 bits per heavy atom. The Balaban J connectivity index is 2.98. The van der Waals surface area contributed by atoms with Crippen molar-refractivity contribution in [2.75, 3.05) is 12.8 Å². The number of nitrogens with one attached hydrogen (secondary N) is 1. The number of nitrogens with zero attached hydrogens (tertiary/aromatic N) is 1. The van der Waals surface area contributed by atoms with E-state index < -0.39 is 51.0 Å². The van der Waals surface area contributed by atoms with Crippen LogP contribution in [0.4, 0.5) is 23.4 Å². The highest BCUT2D eigenvalue weighted by molar-refractivity contribution is 7.71. The SMILES string of the molecule is COC(=O)C(O)(c1c(N)n(-c2ccccc2F)c(=S)[nH]c1=O)C(F)(F)F. The van der Waals surface area contributed by atoms with Crippen LogP contribution in [-0.2, 0) is 15.1 Å². The predicted octanol–water partition coefficient (Wildman–Crippen LogP) is 1.54. The molecule has 1 heterocycles. The zero-order valence-electron chi connectivity index (χ0n) is 12.9. The summed E-state index contributed by atoms with van der Waals surface area (Å²) in [7, 11) is 0.579. The number of benzene rings is 1. The lowest BCUT2D eigenvalue weighted by Gasteiger charge is -2.29. The van der Waals surface area contributed by atoms with Crippen LogP contribution in [0.25, 0.3) is 5.69 Å². The molecule has 0 saturated heterocycles. The number of hydrogen-bond acceptors (Lipinski definition) is 6. The number of carbonyl (C=O) groups is 1. The summed E-state index contributed by atoms with van der Waals surface area (Å²) in [5.74, 6) is -4.20. The fourth-order valence-corrected chi connectivity index (χ4v) is 2.57. The molecule has 140 valence electrons. The Hall–Kier alpha value is -2.73. The van der Waals surface area contributed by atoms with Crippen LogP contribution in [0.2, 0.25) is 0 Å². The van der Waals surface area contributed by atoms with E-state index in [2.05, 4.69) is 4.74 Å². The van der Waals surface area contributed by atoms with E-state index in [0.717, 1.165) is 12.1 Å². The molecule has 0 radical (unpaired) electrons. The molecule has 0 fully saturated rings. The third-order valence-electron chi connectivity index (χ3n) is 3.49. The van der Waals surface area contributed by atoms with E-state index in [1.807, 2.05) is 4.98 Å². The Bertz CT molecular complexity index is 985. The number of para-hydroxylation sites is 1. The molecule has 12 heteroatoms. The van der Waals surface area contributed by atoms with E-state index >= 15 is 0 Å². The van der Waals surface area contributed by atoms with Gasteiger partial charge in [0.25, 0.3) is 11.2 Å². The lowest BCUT2D eigenvalue weighted by atomic mass is 9.94. The van der Waals surface area contributed by atoms with Crippen molar-refractivity contribution in [2.45, 2.75) is 11.8 Å². The van der Waals surface area contributed by atoms with Crippen molar-refractivity contribution >= 4 is 24.0 Å². The van der Waals surface area contributed by atoms with Gasteiger partial charge < -0.3 is 15.6 Å². The largest absolute Gasteiger partial charge is 0.466 e. The van der Waals surface area contributed by atoms with Crippen molar-refractivity contribution < 1.29 is 32.2 Å². The van der Waals surface area contributed by atoms with Gasteiger partial charge in [0.15, 0.2) is 4.77 Å². The molecule has 0 bridgehead atoms. The summed E-state index contributed by atoms with van der Waals surface area (Å²) in [4.78, 5) is 25.6. The molecule has 0 aliphatic rings. The number of esters is 1. The maximum atomic E-state index is 14.0. The lowest BCUT2D eigenvalue weighted by molar-refractivity contribution is -0.267. The van der Waals surface area contributed by atoms with Crippen LogP contribution in [0.3, 0.4) is 0 Å². The van der Waals surface area contributed by atoms with E-state index in [9.17, 15) is 32.3 Å². The Labute approximate surface area is 147 Å². The maximum Gasteiger partial charge on any atom is 0.432 e. The highest BCUT2D eigenvalue weighted by Gasteiger charge is 2.64. The molecule has 0 aliphatic carbocycles. The standard InChI is InChI=1S/C14H11F4N3O4S/c1-25-11(23)13(24,14(16,17)18)8-9(19)21(12(26)20-10(8)22)7-5-3-2-4-6(7)15/h2-5,24H,19H2,1H3,(H,20,22,26). The Morgan fingerprint density at radius 1 is 1.35 bits per heavy atom. The minimum Gasteiger partial charge on any atom is -0.466 e. The normalized spacial score (nSPS) is 13.9. The molecule has 0 amide bonds. The minimum atomic E-state index is -5.67. The summed E-state index contributed by atoms with van der Waals surface area (Å²) in [6.07, 6.45) is -5.67. The summed E-state index contributed by atoms with van der Waals surface area (Å²) in [6, 6.07) is 4.72. The molecule has 2 aromatic rings. The van der Waals surface area contributed by atoms with Gasteiger partial charge in [-0.2, -0.15) is 13.2 Å². The number of aromatic nitrogens is 2. The van der Waals surface area contributed by atoms with Crippen LogP contribution < -0.4 is 11.3 Å². The molecule has 0 saturated carbocycles. The molecule has 1 atom stereocenters. The number of ether oxygens (including phenoxy) is 1. The minimum absolute atomic E-state index is 0.401. The van der Waals surface area contributed by atoms with Crippen LogP contribution in [0.15, 0.2) is 29.1 Å². The number of anilines is 1. The number of methoxy groups -OCH3 is 1. The predicted molar refractivity (Wildman–Crippen MR) is 83.6 cm³/mol. The molecule has 0 aliphatic heterocycles. The van der Waals surface area contributed by atoms with E-state index in [0.29, 0.717) is 11.7 Å². The van der Waals surface area contributed by atoms with Gasteiger partial charge >= 0.3 is 12.1 Å². The van der Waals surface area contributed by atoms with E-state index in [1.165, 1.54) is 12.1 Å². The molecular formula is C14H11F4N3O4S. The molecule has 0 spiro atoms. The zero-order chi connectivity index (χ0) is 19.9. The first kappa shape index (κ1) is 19.6. The number of hydrogen-bond donors (Lipinski definition) is 3. The van der Waals surface area contributed by atoms with Crippen molar-refractivity contribution in [3.8, 4) is 5.69 Å². The second-order valence-corrected chi connectivity index (χ2v) is 5.39. The number of aliphatic hydroxyl groups is 1. The van der Waals surface area contributed by atoms with Crippen LogP contribution in [0, 0.1) is 10.6 Å². The number of H-pyrrole nitrogens is 1. The van der Waals surface area contributed by atoms with Gasteiger partial charge in [-0.3, -0.25) is 14.3 Å². The second-order valence-electron chi connectivity index (χ2n) is 5.01. The zero-order valence-corrected chi connectivity index (χ0v) is 13.7. The Kier molecular flexibility index (Phi) is 4.92. The van der Waals surface area contributed by atoms with Crippen molar-refractivity contribution in [1.82, 2.24) is 9.55 Å². The summed E-state index contributed by atoms with van der Waals surface area (Å²) in [5.41, 5.74) is -2.36. The van der Waals surface area contributed by atoms with Gasteiger partial charge in [0, 0.05) is 0 Å². The van der Waals surface area contributed by atoms with Crippen molar-refractivity contribution in [1.29, 1.82) is 0 Å². The molecule has 7 nitrogen and oxygen atoms in total. The van der Waals surface area contributed by atoms with Crippen molar-refractivity contribution in [3.05, 3.63) is 50.8 Å². The van der Waals surface area contributed by atoms with E-state index in [1.54, 1.807) is 0 Å². The van der Waals surface area contributed by atoms with Gasteiger partial charge in [-0.25, -0.2) is 9.18 Å². The number of carbonyl (C=O) groups excluding carboxylic acids is 1. The van der Waals surface area contributed by atoms with Crippen LogP contribution >= 0.6 is 12.2 Å². The molecule has 1 unspecified atom stereocenters. The van der Waals surface area contributed by atoms with Crippen LogP contribution in [-0.4, -0.2) is 33.9 Å². The third-order valence-corrected chi connectivity index (χ3v) is 3.78. The number of aromatic amines is 1. The lowest BCUT2D eigenvalue weighted by Crippen LogP contribution is -2.53. The van der Waals surface area contributed by atoms with E-state index in [4.69, 9.17) is 18.0 Å². The number of nitrogen functional groups attached to an aromatic ring is 1. The van der Waals surface area contributed by atoms with Crippen molar-refractivity contribution in [2.24, 2.45) is 0 Å². The first-order valence-electron chi connectivity index (χ1n) is 6.74. The third kappa shape index (κ3) is 2.86. The highest BCUT2D eigenvalue weighted by atomic mass is 32.1. The molecule has 26 heavy (non-hydrogen) atoms. The maximum absolute atomic E-state index is 14.0. The second kappa shape index (κ2) is 6.53. The van der Waals surface area contributed by atoms with Crippen LogP contribution in [0.5, 0.6) is 0 Å². The van der Waals surface area contributed by atoms with Crippen LogP contribution in [0.1, 0.15) is 5.56 Å². The number of nitrogens with two attached hydrogens (primary N) is 1. The topological polar surface area (TPSA) is 110 Å². The van der Waals surface area contributed by atoms with Gasteiger partial charge in [0.1, 0.15) is 17.2 Å². The first-order valence-corrected chi connectivity index (χ1v) is 7.15. The molecule has 1 aromatic heterocycles. The summed E-state index contributed by atoms with van der Waals surface area (Å²) >= 11 is 4.82. The monoisotopic (exact) mass is 393 g/mol. The number of halogens is 4. The molecule has 4 N–H and O–H groups in total. The summed E-state index contributed by atoms with van der Waals surface area (Å²) in [5, 5.41) is 10.0. The molecule has 1 aromatic carbocycles. The average molecular weight is 393 g/mol. The first-order chi connectivity index (χ1) is 12.0. The summed E-state index contributed by atoms with van der Waals surface area (Å²) < 4.78 is 58.3. The fourth-order valence-electron chi connectivity index (χ4n) is 2.28. The van der Waals surface area contributed by atoms with Gasteiger partial charge in [0.2, 0.25) is 0 Å². The summed E-state index contributed by atoms with van der Waals surface area (Å²) in [6.45, 7) is 0. The van der Waals surface area contributed by atoms with Gasteiger partial charge in [0.05, 0.1) is 12.8 Å². The number of alkyl halides is 3. The quantitative estimate of drug-likeness (QED) is 0.415. The highest BCUT2D eigenvalue weighted by Crippen LogP contribution is 2.41. The van der Waals surface area contributed by atoms with Gasteiger partial charge in [-0.05, 0) is 24.4 Å². The number of rotatable bonds is 3.